The first kappa shape index (κ1) is 10.8. The number of hydrogen-bond acceptors (Lipinski definition) is 3. The fraction of sp³-hybridized carbons (Fsp3) is 0.154. The summed E-state index contributed by atoms with van der Waals surface area (Å²) >= 11 is 1.60. The first-order chi connectivity index (χ1) is 7.86. The molecule has 80 valence electrons. The van der Waals surface area contributed by atoms with Crippen LogP contribution in [-0.2, 0) is 0 Å². The molecule has 0 atom stereocenters. The van der Waals surface area contributed by atoms with Gasteiger partial charge in [-0.2, -0.15) is 0 Å². The molecule has 0 saturated heterocycles. The maximum atomic E-state index is 5.59. The first-order valence-electron chi connectivity index (χ1n) is 4.85. The Morgan fingerprint density at radius 1 is 1.44 bits per heavy atom. The highest BCUT2D eigenvalue weighted by Gasteiger charge is 2.08. The summed E-state index contributed by atoms with van der Waals surface area (Å²) in [5.41, 5.74) is 0.923. The molecule has 3 heteroatoms. The SMILES string of the molecule is C#CCOc1c(SC)cnc2ccccc12. The van der Waals surface area contributed by atoms with Crippen LogP contribution in [0.5, 0.6) is 5.75 Å². The largest absolute Gasteiger partial charge is 0.479 e. The molecule has 1 heterocycles. The number of rotatable bonds is 3. The summed E-state index contributed by atoms with van der Waals surface area (Å²) < 4.78 is 5.59. The summed E-state index contributed by atoms with van der Waals surface area (Å²) in [5.74, 6) is 3.31. The van der Waals surface area contributed by atoms with Gasteiger partial charge in [0.05, 0.1) is 10.4 Å². The van der Waals surface area contributed by atoms with Crippen molar-refractivity contribution in [3.05, 3.63) is 30.5 Å². The van der Waals surface area contributed by atoms with E-state index in [1.54, 1.807) is 11.8 Å². The van der Waals surface area contributed by atoms with Crippen LogP contribution in [0.15, 0.2) is 35.4 Å². The highest BCUT2D eigenvalue weighted by Crippen LogP contribution is 2.33. The standard InChI is InChI=1S/C13H11NOS/c1-3-8-15-13-10-6-4-5-7-11(10)14-9-12(13)16-2/h1,4-7,9H,8H2,2H3. The Balaban J connectivity index is 2.59. The van der Waals surface area contributed by atoms with E-state index < -0.39 is 0 Å². The molecule has 0 aliphatic carbocycles. The predicted octanol–water partition coefficient (Wildman–Crippen LogP) is 2.97. The van der Waals surface area contributed by atoms with E-state index in [4.69, 9.17) is 11.2 Å². The molecule has 2 rings (SSSR count). The number of hydrogen-bond donors (Lipinski definition) is 0. The van der Waals surface area contributed by atoms with Crippen molar-refractivity contribution >= 4 is 22.7 Å². The monoisotopic (exact) mass is 229 g/mol. The summed E-state index contributed by atoms with van der Waals surface area (Å²) in [7, 11) is 0. The highest BCUT2D eigenvalue weighted by molar-refractivity contribution is 7.98. The van der Waals surface area contributed by atoms with Crippen molar-refractivity contribution in [1.29, 1.82) is 0 Å². The molecular weight excluding hydrogens is 218 g/mol. The summed E-state index contributed by atoms with van der Waals surface area (Å²) in [6, 6.07) is 7.88. The van der Waals surface area contributed by atoms with Gasteiger partial charge in [-0.1, -0.05) is 18.1 Å². The number of fused-ring (bicyclic) bond motifs is 1. The van der Waals surface area contributed by atoms with E-state index in [0.717, 1.165) is 21.5 Å². The molecule has 0 bridgehead atoms. The van der Waals surface area contributed by atoms with E-state index in [1.807, 2.05) is 36.7 Å². The number of benzene rings is 1. The lowest BCUT2D eigenvalue weighted by molar-refractivity contribution is 0.366. The van der Waals surface area contributed by atoms with Gasteiger partial charge >= 0.3 is 0 Å². The summed E-state index contributed by atoms with van der Waals surface area (Å²) in [6.45, 7) is 0.279. The lowest BCUT2D eigenvalue weighted by Crippen LogP contribution is -1.97. The zero-order chi connectivity index (χ0) is 11.4. The molecule has 0 spiro atoms. The van der Waals surface area contributed by atoms with Gasteiger partial charge in [0.25, 0.3) is 0 Å². The van der Waals surface area contributed by atoms with Gasteiger partial charge in [-0.3, -0.25) is 4.98 Å². The van der Waals surface area contributed by atoms with Crippen molar-refractivity contribution in [3.8, 4) is 18.1 Å². The number of aromatic nitrogens is 1. The number of ether oxygens (including phenoxy) is 1. The highest BCUT2D eigenvalue weighted by atomic mass is 32.2. The van der Waals surface area contributed by atoms with Gasteiger partial charge in [0.2, 0.25) is 0 Å². The van der Waals surface area contributed by atoms with Crippen molar-refractivity contribution in [2.24, 2.45) is 0 Å². The van der Waals surface area contributed by atoms with E-state index in [-0.39, 0.29) is 6.61 Å². The van der Waals surface area contributed by atoms with Crippen LogP contribution in [-0.4, -0.2) is 17.8 Å². The molecule has 0 radical (unpaired) electrons. The molecule has 0 fully saturated rings. The quantitative estimate of drug-likeness (QED) is 0.596. The molecular formula is C13H11NOS. The molecule has 1 aromatic carbocycles. The molecule has 0 amide bonds. The van der Waals surface area contributed by atoms with Gasteiger partial charge in [0.1, 0.15) is 12.4 Å². The van der Waals surface area contributed by atoms with Crippen LogP contribution >= 0.6 is 11.8 Å². The van der Waals surface area contributed by atoms with Crippen LogP contribution in [0, 0.1) is 12.3 Å². The minimum Gasteiger partial charge on any atom is -0.479 e. The van der Waals surface area contributed by atoms with Crippen molar-refractivity contribution < 1.29 is 4.74 Å². The maximum Gasteiger partial charge on any atom is 0.148 e. The molecule has 0 aliphatic heterocycles. The molecule has 2 nitrogen and oxygen atoms in total. The Morgan fingerprint density at radius 2 is 2.25 bits per heavy atom. The Bertz CT molecular complexity index is 545. The Hall–Kier alpha value is -1.66. The molecule has 0 saturated carbocycles. The van der Waals surface area contributed by atoms with Gasteiger partial charge in [-0.15, -0.1) is 18.2 Å². The summed E-state index contributed by atoms with van der Waals surface area (Å²) in [4.78, 5) is 5.38. The average molecular weight is 229 g/mol. The van der Waals surface area contributed by atoms with Gasteiger partial charge in [-0.05, 0) is 18.4 Å². The third-order valence-electron chi connectivity index (χ3n) is 2.21. The Kier molecular flexibility index (Phi) is 3.33. The number of terminal acetylenes is 1. The zero-order valence-corrected chi connectivity index (χ0v) is 9.75. The van der Waals surface area contributed by atoms with Crippen molar-refractivity contribution in [1.82, 2.24) is 4.98 Å². The molecule has 0 N–H and O–H groups in total. The summed E-state index contributed by atoms with van der Waals surface area (Å²) in [6.07, 6.45) is 9.03. The van der Waals surface area contributed by atoms with E-state index in [2.05, 4.69) is 10.9 Å². The number of pyridine rings is 1. The first-order valence-corrected chi connectivity index (χ1v) is 6.07. The van der Waals surface area contributed by atoms with E-state index in [1.165, 1.54) is 0 Å². The van der Waals surface area contributed by atoms with Gasteiger partial charge in [-0.25, -0.2) is 0 Å². The third-order valence-corrected chi connectivity index (χ3v) is 2.94. The van der Waals surface area contributed by atoms with Gasteiger partial charge < -0.3 is 4.74 Å². The smallest absolute Gasteiger partial charge is 0.148 e. The van der Waals surface area contributed by atoms with E-state index >= 15 is 0 Å². The third kappa shape index (κ3) is 1.98. The van der Waals surface area contributed by atoms with Gasteiger partial charge in [0.15, 0.2) is 0 Å². The molecule has 2 aromatic rings. The lowest BCUT2D eigenvalue weighted by atomic mass is 10.2. The second-order valence-electron chi connectivity index (χ2n) is 3.17. The van der Waals surface area contributed by atoms with Crippen LogP contribution in [0.1, 0.15) is 0 Å². The normalized spacial score (nSPS) is 10.0. The number of thioether (sulfide) groups is 1. The maximum absolute atomic E-state index is 5.59. The van der Waals surface area contributed by atoms with Crippen LogP contribution in [0.25, 0.3) is 10.9 Å². The molecule has 16 heavy (non-hydrogen) atoms. The second kappa shape index (κ2) is 4.91. The van der Waals surface area contributed by atoms with Crippen LogP contribution < -0.4 is 4.74 Å². The molecule has 0 unspecified atom stereocenters. The lowest BCUT2D eigenvalue weighted by Gasteiger charge is -2.10. The van der Waals surface area contributed by atoms with Crippen molar-refractivity contribution in [2.45, 2.75) is 4.90 Å². The fourth-order valence-electron chi connectivity index (χ4n) is 1.51. The van der Waals surface area contributed by atoms with E-state index in [9.17, 15) is 0 Å². The topological polar surface area (TPSA) is 22.1 Å². The van der Waals surface area contributed by atoms with Crippen LogP contribution in [0.2, 0.25) is 0 Å². The molecule has 0 aliphatic rings. The second-order valence-corrected chi connectivity index (χ2v) is 4.01. The van der Waals surface area contributed by atoms with Crippen molar-refractivity contribution in [3.63, 3.8) is 0 Å². The van der Waals surface area contributed by atoms with Crippen molar-refractivity contribution in [2.75, 3.05) is 12.9 Å². The van der Waals surface area contributed by atoms with Crippen LogP contribution in [0.3, 0.4) is 0 Å². The fourth-order valence-corrected chi connectivity index (χ4v) is 2.02. The Morgan fingerprint density at radius 3 is 3.00 bits per heavy atom. The average Bonchev–Trinajstić information content (AvgIpc) is 2.35. The zero-order valence-electron chi connectivity index (χ0n) is 8.93. The number of para-hydroxylation sites is 1. The minimum absolute atomic E-state index is 0.279. The summed E-state index contributed by atoms with van der Waals surface area (Å²) in [5, 5.41) is 1.00. The minimum atomic E-state index is 0.279. The van der Waals surface area contributed by atoms with E-state index in [0.29, 0.717) is 0 Å². The van der Waals surface area contributed by atoms with Crippen LogP contribution in [0.4, 0.5) is 0 Å². The number of nitrogens with zero attached hydrogens (tertiary/aromatic N) is 1. The van der Waals surface area contributed by atoms with Gasteiger partial charge in [0, 0.05) is 11.6 Å². The Labute approximate surface area is 99.0 Å². The predicted molar refractivity (Wildman–Crippen MR) is 67.9 cm³/mol. The molecule has 1 aromatic heterocycles.